The molecule has 0 aromatic heterocycles. The van der Waals surface area contributed by atoms with E-state index in [1.165, 1.54) is 18.4 Å². The average molecular weight is 137 g/mol. The number of unbranched alkanes of at least 4 members (excludes halogenated alkanes) is 2. The van der Waals surface area contributed by atoms with Gasteiger partial charge in [-0.25, -0.2) is 0 Å². The highest BCUT2D eigenvalue weighted by Gasteiger charge is 1.87. The summed E-state index contributed by atoms with van der Waals surface area (Å²) in [5.74, 6) is 0. The molecule has 0 aliphatic rings. The molecule has 0 nitrogen and oxygen atoms in total. The van der Waals surface area contributed by atoms with Gasteiger partial charge in [0, 0.05) is 0 Å². The molecule has 0 aromatic rings. The Labute approximate surface area is 64.6 Å². The predicted octanol–water partition coefficient (Wildman–Crippen LogP) is 3.51. The molecule has 0 amide bonds. The van der Waals surface area contributed by atoms with Gasteiger partial charge < -0.3 is 0 Å². The lowest BCUT2D eigenvalue weighted by Gasteiger charge is -1.96. The summed E-state index contributed by atoms with van der Waals surface area (Å²) in [6.07, 6.45) is 9.92. The summed E-state index contributed by atoms with van der Waals surface area (Å²) in [6, 6.07) is 0. The standard InChI is InChI=1S/C10H17/c1-4-6-7-8-9-10(3)5-2/h4-5,9H,1,6-8H2,2-3H3. The molecule has 0 bridgehead atoms. The summed E-state index contributed by atoms with van der Waals surface area (Å²) in [5, 5.41) is 0. The SMILES string of the molecule is C=CCCC[CH]C(C)=CC. The highest BCUT2D eigenvalue weighted by molar-refractivity contribution is 5.08. The number of hydrogen-bond donors (Lipinski definition) is 0. The summed E-state index contributed by atoms with van der Waals surface area (Å²) < 4.78 is 0. The van der Waals surface area contributed by atoms with Crippen molar-refractivity contribution in [2.45, 2.75) is 33.1 Å². The molecule has 0 fully saturated rings. The van der Waals surface area contributed by atoms with Gasteiger partial charge in [-0.05, 0) is 39.5 Å². The first-order valence-electron chi connectivity index (χ1n) is 3.88. The van der Waals surface area contributed by atoms with E-state index in [-0.39, 0.29) is 0 Å². The van der Waals surface area contributed by atoms with Crippen LogP contribution in [0.25, 0.3) is 0 Å². The first-order chi connectivity index (χ1) is 4.81. The van der Waals surface area contributed by atoms with Crippen LogP contribution in [0.2, 0.25) is 0 Å². The molecular weight excluding hydrogens is 120 g/mol. The predicted molar refractivity (Wildman–Crippen MR) is 47.8 cm³/mol. The van der Waals surface area contributed by atoms with Crippen LogP contribution in [-0.4, -0.2) is 0 Å². The molecule has 0 aromatic carbocycles. The minimum Gasteiger partial charge on any atom is -0.103 e. The van der Waals surface area contributed by atoms with Crippen molar-refractivity contribution in [3.05, 3.63) is 30.7 Å². The molecule has 10 heavy (non-hydrogen) atoms. The van der Waals surface area contributed by atoms with Crippen molar-refractivity contribution in [3.8, 4) is 0 Å². The van der Waals surface area contributed by atoms with Gasteiger partial charge in [0.05, 0.1) is 0 Å². The lowest BCUT2D eigenvalue weighted by Crippen LogP contribution is -1.78. The number of allylic oxidation sites excluding steroid dienone is 3. The quantitative estimate of drug-likeness (QED) is 0.402. The fourth-order valence-electron chi connectivity index (χ4n) is 0.710. The summed E-state index contributed by atoms with van der Waals surface area (Å²) in [4.78, 5) is 0. The molecule has 1 radical (unpaired) electrons. The fraction of sp³-hybridized carbons (Fsp3) is 0.500. The zero-order valence-electron chi connectivity index (χ0n) is 7.06. The molecule has 0 aliphatic carbocycles. The topological polar surface area (TPSA) is 0 Å². The average Bonchev–Trinajstić information content (AvgIpc) is 1.98. The molecule has 57 valence electrons. The van der Waals surface area contributed by atoms with Gasteiger partial charge in [0.15, 0.2) is 0 Å². The Morgan fingerprint density at radius 3 is 2.60 bits per heavy atom. The van der Waals surface area contributed by atoms with E-state index in [0.717, 1.165) is 6.42 Å². The van der Waals surface area contributed by atoms with Crippen molar-refractivity contribution < 1.29 is 0 Å². The molecule has 0 heteroatoms. The Kier molecular flexibility index (Phi) is 6.25. The molecule has 0 rings (SSSR count). The van der Waals surface area contributed by atoms with Crippen molar-refractivity contribution >= 4 is 0 Å². The van der Waals surface area contributed by atoms with Crippen LogP contribution in [0.15, 0.2) is 24.3 Å². The van der Waals surface area contributed by atoms with Crippen LogP contribution in [0.4, 0.5) is 0 Å². The summed E-state index contributed by atoms with van der Waals surface area (Å²) in [5.41, 5.74) is 1.38. The van der Waals surface area contributed by atoms with Crippen LogP contribution in [-0.2, 0) is 0 Å². The van der Waals surface area contributed by atoms with Gasteiger partial charge in [0.1, 0.15) is 0 Å². The van der Waals surface area contributed by atoms with Gasteiger partial charge in [-0.15, -0.1) is 6.58 Å². The third-order valence-corrected chi connectivity index (χ3v) is 1.53. The summed E-state index contributed by atoms with van der Waals surface area (Å²) >= 11 is 0. The van der Waals surface area contributed by atoms with Crippen LogP contribution < -0.4 is 0 Å². The third-order valence-electron chi connectivity index (χ3n) is 1.53. The van der Waals surface area contributed by atoms with Crippen molar-refractivity contribution in [3.63, 3.8) is 0 Å². The van der Waals surface area contributed by atoms with Crippen LogP contribution in [0, 0.1) is 6.42 Å². The number of rotatable bonds is 5. The van der Waals surface area contributed by atoms with E-state index < -0.39 is 0 Å². The molecular formula is C10H17. The maximum Gasteiger partial charge on any atom is -0.0140 e. The van der Waals surface area contributed by atoms with Gasteiger partial charge in [0.2, 0.25) is 0 Å². The zero-order valence-corrected chi connectivity index (χ0v) is 7.06. The lowest BCUT2D eigenvalue weighted by molar-refractivity contribution is 0.834. The molecule has 0 saturated carbocycles. The largest absolute Gasteiger partial charge is 0.103 e. The maximum absolute atomic E-state index is 3.67. The Bertz CT molecular complexity index is 109. The van der Waals surface area contributed by atoms with E-state index in [0.29, 0.717) is 0 Å². The van der Waals surface area contributed by atoms with Crippen molar-refractivity contribution in [2.24, 2.45) is 0 Å². The van der Waals surface area contributed by atoms with Crippen molar-refractivity contribution in [2.75, 3.05) is 0 Å². The highest BCUT2D eigenvalue weighted by atomic mass is 13.9. The minimum absolute atomic E-state index is 1.13. The second-order valence-corrected chi connectivity index (χ2v) is 2.46. The molecule has 0 saturated heterocycles. The van der Waals surface area contributed by atoms with Crippen LogP contribution >= 0.6 is 0 Å². The second-order valence-electron chi connectivity index (χ2n) is 2.46. The molecule has 0 N–H and O–H groups in total. The van der Waals surface area contributed by atoms with E-state index in [2.05, 4.69) is 32.9 Å². The van der Waals surface area contributed by atoms with E-state index >= 15 is 0 Å². The molecule has 0 spiro atoms. The van der Waals surface area contributed by atoms with E-state index in [1.807, 2.05) is 6.08 Å². The van der Waals surface area contributed by atoms with Gasteiger partial charge in [-0.2, -0.15) is 0 Å². The Hall–Kier alpha value is -0.520. The fourth-order valence-corrected chi connectivity index (χ4v) is 0.710. The monoisotopic (exact) mass is 137 g/mol. The molecule has 0 heterocycles. The molecule has 0 atom stereocenters. The highest BCUT2D eigenvalue weighted by Crippen LogP contribution is 2.06. The van der Waals surface area contributed by atoms with E-state index in [1.54, 1.807) is 0 Å². The molecule has 0 unspecified atom stereocenters. The van der Waals surface area contributed by atoms with Gasteiger partial charge in [0.25, 0.3) is 0 Å². The van der Waals surface area contributed by atoms with Crippen LogP contribution in [0.5, 0.6) is 0 Å². The smallest absolute Gasteiger partial charge is 0.0140 e. The summed E-state index contributed by atoms with van der Waals surface area (Å²) in [7, 11) is 0. The maximum atomic E-state index is 3.67. The van der Waals surface area contributed by atoms with E-state index in [4.69, 9.17) is 0 Å². The van der Waals surface area contributed by atoms with Gasteiger partial charge in [-0.3, -0.25) is 0 Å². The number of hydrogen-bond acceptors (Lipinski definition) is 0. The zero-order chi connectivity index (χ0) is 7.82. The van der Waals surface area contributed by atoms with Crippen LogP contribution in [0.3, 0.4) is 0 Å². The summed E-state index contributed by atoms with van der Waals surface area (Å²) in [6.45, 7) is 7.87. The Morgan fingerprint density at radius 2 is 2.10 bits per heavy atom. The van der Waals surface area contributed by atoms with Gasteiger partial charge in [-0.1, -0.05) is 17.7 Å². The first-order valence-corrected chi connectivity index (χ1v) is 3.88. The van der Waals surface area contributed by atoms with Crippen LogP contribution in [0.1, 0.15) is 33.1 Å². The normalized spacial score (nSPS) is 11.6. The van der Waals surface area contributed by atoms with E-state index in [9.17, 15) is 0 Å². The second kappa shape index (κ2) is 6.60. The lowest BCUT2D eigenvalue weighted by atomic mass is 10.1. The molecule has 0 aliphatic heterocycles. The third kappa shape index (κ3) is 5.61. The first kappa shape index (κ1) is 9.48. The van der Waals surface area contributed by atoms with Gasteiger partial charge >= 0.3 is 0 Å². The van der Waals surface area contributed by atoms with Crippen molar-refractivity contribution in [1.82, 2.24) is 0 Å². The minimum atomic E-state index is 1.13. The van der Waals surface area contributed by atoms with Crippen molar-refractivity contribution in [1.29, 1.82) is 0 Å². The Balaban J connectivity index is 3.11. The Morgan fingerprint density at radius 1 is 1.40 bits per heavy atom.